The van der Waals surface area contributed by atoms with Crippen molar-refractivity contribution in [1.82, 2.24) is 9.55 Å². The number of benzene rings is 1. The molecule has 114 valence electrons. The van der Waals surface area contributed by atoms with Crippen molar-refractivity contribution in [2.45, 2.75) is 52.5 Å². The number of nitrogens with two attached hydrogens (primary N) is 1. The van der Waals surface area contributed by atoms with Gasteiger partial charge in [-0.1, -0.05) is 26.2 Å². The zero-order valence-corrected chi connectivity index (χ0v) is 12.9. The molecule has 3 rings (SSSR count). The van der Waals surface area contributed by atoms with E-state index in [0.717, 1.165) is 18.0 Å². The molecule has 1 heterocycles. The number of hydrogen-bond acceptors (Lipinski definition) is 2. The van der Waals surface area contributed by atoms with E-state index >= 15 is 0 Å². The van der Waals surface area contributed by atoms with E-state index in [0.29, 0.717) is 22.9 Å². The first-order chi connectivity index (χ1) is 10.1. The van der Waals surface area contributed by atoms with Crippen molar-refractivity contribution in [2.75, 3.05) is 5.73 Å². The largest absolute Gasteiger partial charge is 0.369 e. The number of rotatable bonds is 3. The lowest BCUT2D eigenvalue weighted by molar-refractivity contribution is 0.250. The minimum absolute atomic E-state index is 0.212. The Labute approximate surface area is 125 Å². The molecule has 3 nitrogen and oxygen atoms in total. The zero-order valence-electron chi connectivity index (χ0n) is 12.9. The predicted molar refractivity (Wildman–Crippen MR) is 84.6 cm³/mol. The average Bonchev–Trinajstić information content (AvgIpc) is 2.76. The maximum atomic E-state index is 13.6. The molecule has 1 saturated carbocycles. The molecular weight excluding hydrogens is 265 g/mol. The molecule has 0 amide bonds. The minimum Gasteiger partial charge on any atom is -0.369 e. The summed E-state index contributed by atoms with van der Waals surface area (Å²) in [5.41, 5.74) is 8.33. The lowest BCUT2D eigenvalue weighted by Gasteiger charge is -2.28. The number of anilines is 1. The maximum absolute atomic E-state index is 13.6. The highest BCUT2D eigenvalue weighted by molar-refractivity contribution is 5.79. The van der Waals surface area contributed by atoms with E-state index in [4.69, 9.17) is 5.73 Å². The van der Waals surface area contributed by atoms with Crippen LogP contribution in [0.1, 0.15) is 44.6 Å². The summed E-state index contributed by atoms with van der Waals surface area (Å²) in [5.74, 6) is 1.86. The Morgan fingerprint density at radius 3 is 2.57 bits per heavy atom. The van der Waals surface area contributed by atoms with E-state index < -0.39 is 0 Å². The number of nitrogens with zero attached hydrogens (tertiary/aromatic N) is 2. The van der Waals surface area contributed by atoms with Crippen LogP contribution in [0.2, 0.25) is 0 Å². The van der Waals surface area contributed by atoms with Gasteiger partial charge >= 0.3 is 0 Å². The molecule has 1 aliphatic carbocycles. The van der Waals surface area contributed by atoms with Crippen LogP contribution in [0.25, 0.3) is 11.0 Å². The molecule has 0 saturated heterocycles. The molecule has 1 fully saturated rings. The van der Waals surface area contributed by atoms with Gasteiger partial charge in [-0.3, -0.25) is 0 Å². The van der Waals surface area contributed by atoms with E-state index in [2.05, 4.69) is 16.5 Å². The second-order valence-corrected chi connectivity index (χ2v) is 6.47. The van der Waals surface area contributed by atoms with Gasteiger partial charge in [-0.15, -0.1) is 0 Å². The summed E-state index contributed by atoms with van der Waals surface area (Å²) < 4.78 is 15.7. The molecule has 0 bridgehead atoms. The Hall–Kier alpha value is -1.58. The van der Waals surface area contributed by atoms with E-state index in [1.54, 1.807) is 6.92 Å². The number of halogens is 1. The van der Waals surface area contributed by atoms with Crippen LogP contribution in [0, 0.1) is 24.6 Å². The van der Waals surface area contributed by atoms with Crippen molar-refractivity contribution in [2.24, 2.45) is 11.8 Å². The Morgan fingerprint density at radius 1 is 1.24 bits per heavy atom. The third kappa shape index (κ3) is 2.76. The molecular formula is C17H24FN3. The van der Waals surface area contributed by atoms with Gasteiger partial charge in [0.1, 0.15) is 5.82 Å². The summed E-state index contributed by atoms with van der Waals surface area (Å²) in [6.07, 6.45) is 6.46. The van der Waals surface area contributed by atoms with E-state index in [-0.39, 0.29) is 5.82 Å². The van der Waals surface area contributed by atoms with Crippen LogP contribution in [-0.4, -0.2) is 9.55 Å². The second kappa shape index (κ2) is 5.66. The van der Waals surface area contributed by atoms with Crippen LogP contribution in [0.3, 0.4) is 0 Å². The summed E-state index contributed by atoms with van der Waals surface area (Å²) in [5, 5.41) is 0. The van der Waals surface area contributed by atoms with Gasteiger partial charge < -0.3 is 10.3 Å². The van der Waals surface area contributed by atoms with Crippen LogP contribution in [-0.2, 0) is 6.54 Å². The van der Waals surface area contributed by atoms with E-state index in [1.165, 1.54) is 38.2 Å². The number of hydrogen-bond donors (Lipinski definition) is 1. The maximum Gasteiger partial charge on any atom is 0.201 e. The van der Waals surface area contributed by atoms with E-state index in [1.807, 2.05) is 6.07 Å². The number of nitrogen functional groups attached to an aromatic ring is 1. The molecule has 2 aromatic rings. The number of aromatic nitrogens is 2. The SMILES string of the molecule is CCC1CCC(Cn2c(N)nc3cc(F)c(C)cc32)CC1. The molecule has 0 aliphatic heterocycles. The lowest BCUT2D eigenvalue weighted by Crippen LogP contribution is -2.19. The molecule has 0 atom stereocenters. The fraction of sp³-hybridized carbons (Fsp3) is 0.588. The van der Waals surface area contributed by atoms with Gasteiger partial charge in [-0.25, -0.2) is 9.37 Å². The fourth-order valence-corrected chi connectivity index (χ4v) is 3.54. The summed E-state index contributed by atoms with van der Waals surface area (Å²) in [4.78, 5) is 4.31. The monoisotopic (exact) mass is 289 g/mol. The summed E-state index contributed by atoms with van der Waals surface area (Å²) in [6, 6.07) is 3.36. The highest BCUT2D eigenvalue weighted by atomic mass is 19.1. The van der Waals surface area contributed by atoms with Crippen molar-refractivity contribution in [1.29, 1.82) is 0 Å². The third-order valence-electron chi connectivity index (χ3n) is 5.04. The van der Waals surface area contributed by atoms with Gasteiger partial charge in [0.15, 0.2) is 0 Å². The normalized spacial score (nSPS) is 22.8. The number of aryl methyl sites for hydroxylation is 1. The second-order valence-electron chi connectivity index (χ2n) is 6.47. The first-order valence-electron chi connectivity index (χ1n) is 8.00. The highest BCUT2D eigenvalue weighted by Gasteiger charge is 2.22. The first-order valence-corrected chi connectivity index (χ1v) is 8.00. The minimum atomic E-state index is -0.212. The Morgan fingerprint density at radius 2 is 1.90 bits per heavy atom. The fourth-order valence-electron chi connectivity index (χ4n) is 3.54. The van der Waals surface area contributed by atoms with Gasteiger partial charge in [-0.05, 0) is 43.2 Å². The van der Waals surface area contributed by atoms with Gasteiger partial charge in [0, 0.05) is 12.6 Å². The Balaban J connectivity index is 1.84. The molecule has 1 aromatic heterocycles. The van der Waals surface area contributed by atoms with Crippen LogP contribution in [0.15, 0.2) is 12.1 Å². The van der Waals surface area contributed by atoms with Gasteiger partial charge in [0.05, 0.1) is 11.0 Å². The Kier molecular flexibility index (Phi) is 3.87. The molecule has 1 aromatic carbocycles. The van der Waals surface area contributed by atoms with Crippen LogP contribution in [0.4, 0.5) is 10.3 Å². The van der Waals surface area contributed by atoms with Crippen LogP contribution < -0.4 is 5.73 Å². The van der Waals surface area contributed by atoms with Crippen molar-refractivity contribution in [3.8, 4) is 0 Å². The summed E-state index contributed by atoms with van der Waals surface area (Å²) >= 11 is 0. The predicted octanol–water partition coefficient (Wildman–Crippen LogP) is 4.28. The van der Waals surface area contributed by atoms with Crippen molar-refractivity contribution >= 4 is 17.0 Å². The topological polar surface area (TPSA) is 43.8 Å². The molecule has 21 heavy (non-hydrogen) atoms. The van der Waals surface area contributed by atoms with Gasteiger partial charge in [0.25, 0.3) is 0 Å². The smallest absolute Gasteiger partial charge is 0.201 e. The number of imidazole rings is 1. The molecule has 4 heteroatoms. The van der Waals surface area contributed by atoms with Crippen molar-refractivity contribution in [3.05, 3.63) is 23.5 Å². The molecule has 2 N–H and O–H groups in total. The standard InChI is InChI=1S/C17H24FN3/c1-3-12-4-6-13(7-5-12)10-21-16-8-11(2)14(18)9-15(16)20-17(21)19/h8-9,12-13H,3-7,10H2,1-2H3,(H2,19,20). The quantitative estimate of drug-likeness (QED) is 0.916. The number of fused-ring (bicyclic) bond motifs is 1. The summed E-state index contributed by atoms with van der Waals surface area (Å²) in [7, 11) is 0. The van der Waals surface area contributed by atoms with Gasteiger partial charge in [-0.2, -0.15) is 0 Å². The molecule has 0 radical (unpaired) electrons. The third-order valence-corrected chi connectivity index (χ3v) is 5.04. The summed E-state index contributed by atoms with van der Waals surface area (Å²) in [6.45, 7) is 4.97. The van der Waals surface area contributed by atoms with Crippen molar-refractivity contribution < 1.29 is 4.39 Å². The average molecular weight is 289 g/mol. The molecule has 0 spiro atoms. The van der Waals surface area contributed by atoms with E-state index in [9.17, 15) is 4.39 Å². The zero-order chi connectivity index (χ0) is 15.0. The van der Waals surface area contributed by atoms with Crippen LogP contribution >= 0.6 is 0 Å². The van der Waals surface area contributed by atoms with Crippen molar-refractivity contribution in [3.63, 3.8) is 0 Å². The Bertz CT molecular complexity index is 639. The molecule has 0 unspecified atom stereocenters. The highest BCUT2D eigenvalue weighted by Crippen LogP contribution is 2.33. The van der Waals surface area contributed by atoms with Gasteiger partial charge in [0.2, 0.25) is 5.95 Å². The van der Waals surface area contributed by atoms with Crippen LogP contribution in [0.5, 0.6) is 0 Å². The molecule has 1 aliphatic rings. The first kappa shape index (κ1) is 14.4. The lowest BCUT2D eigenvalue weighted by atomic mass is 9.81.